The minimum absolute atomic E-state index is 0.197. The Hall–Kier alpha value is -1.07. The smallest absolute Gasteiger partial charge is 0.237 e. The molecular weight excluding hydrogens is 275 g/mol. The average molecular weight is 298 g/mol. The van der Waals surface area contributed by atoms with Gasteiger partial charge in [0.25, 0.3) is 0 Å². The van der Waals surface area contributed by atoms with E-state index in [1.54, 1.807) is 23.9 Å². The third kappa shape index (κ3) is 5.13. The van der Waals surface area contributed by atoms with Crippen LogP contribution in [0.3, 0.4) is 0 Å². The molecule has 112 valence electrons. The van der Waals surface area contributed by atoms with Crippen molar-refractivity contribution in [1.29, 1.82) is 0 Å². The van der Waals surface area contributed by atoms with Crippen LogP contribution in [0.15, 0.2) is 29.2 Å². The molecule has 0 heterocycles. The number of hydrogen-bond donors (Lipinski definition) is 2. The highest BCUT2D eigenvalue weighted by atomic mass is 32.2. The molecule has 20 heavy (non-hydrogen) atoms. The summed E-state index contributed by atoms with van der Waals surface area (Å²) in [6.07, 6.45) is 1.58. The van der Waals surface area contributed by atoms with Gasteiger partial charge in [0, 0.05) is 10.1 Å². The first-order chi connectivity index (χ1) is 9.37. The van der Waals surface area contributed by atoms with Gasteiger partial charge in [-0.2, -0.15) is 0 Å². The predicted molar refractivity (Wildman–Crippen MR) is 82.2 cm³/mol. The lowest BCUT2D eigenvalue weighted by molar-refractivity contribution is -0.124. The second-order valence-electron chi connectivity index (χ2n) is 5.21. The van der Waals surface area contributed by atoms with Crippen molar-refractivity contribution in [2.75, 3.05) is 6.54 Å². The Morgan fingerprint density at radius 2 is 2.05 bits per heavy atom. The normalized spacial score (nSPS) is 15.6. The van der Waals surface area contributed by atoms with Crippen LogP contribution in [0.1, 0.15) is 33.6 Å². The lowest BCUT2D eigenvalue weighted by atomic mass is 9.95. The number of thioether (sulfide) groups is 1. The number of amides is 1. The fraction of sp³-hybridized carbons (Fsp3) is 0.533. The van der Waals surface area contributed by atoms with Gasteiger partial charge in [-0.1, -0.05) is 13.8 Å². The van der Waals surface area contributed by atoms with Gasteiger partial charge in [-0.25, -0.2) is 4.39 Å². The van der Waals surface area contributed by atoms with Crippen molar-refractivity contribution in [3.8, 4) is 0 Å². The first-order valence-corrected chi connectivity index (χ1v) is 7.72. The van der Waals surface area contributed by atoms with Crippen LogP contribution in [0.4, 0.5) is 4.39 Å². The van der Waals surface area contributed by atoms with Gasteiger partial charge >= 0.3 is 0 Å². The molecule has 2 atom stereocenters. The van der Waals surface area contributed by atoms with Crippen molar-refractivity contribution >= 4 is 17.7 Å². The van der Waals surface area contributed by atoms with E-state index in [0.717, 1.165) is 17.9 Å². The maximum absolute atomic E-state index is 12.9. The van der Waals surface area contributed by atoms with E-state index < -0.39 is 5.54 Å². The van der Waals surface area contributed by atoms with Crippen LogP contribution in [-0.4, -0.2) is 23.2 Å². The second kappa shape index (κ2) is 7.64. The summed E-state index contributed by atoms with van der Waals surface area (Å²) in [6.45, 7) is 6.69. The molecular formula is C15H23FN2OS. The molecule has 2 unspecified atom stereocenters. The summed E-state index contributed by atoms with van der Waals surface area (Å²) in [4.78, 5) is 12.6. The average Bonchev–Trinajstić information content (AvgIpc) is 2.39. The summed E-state index contributed by atoms with van der Waals surface area (Å²) in [5.41, 5.74) is 4.81. The highest BCUT2D eigenvalue weighted by Crippen LogP contribution is 2.28. The molecule has 0 spiro atoms. The Morgan fingerprint density at radius 1 is 1.45 bits per heavy atom. The Kier molecular flexibility index (Phi) is 6.49. The molecule has 1 amide bonds. The predicted octanol–water partition coefficient (Wildman–Crippen LogP) is 2.94. The van der Waals surface area contributed by atoms with Crippen LogP contribution < -0.4 is 11.1 Å². The standard InChI is InChI=1S/C15H23FN2OS/c1-4-9-18-15(3,14(17)19)10-11(2)20-13-7-5-12(16)6-8-13/h5-8,11,18H,4,9-10H2,1-3H3,(H2,17,19). The molecule has 3 N–H and O–H groups in total. The molecule has 5 heteroatoms. The summed E-state index contributed by atoms with van der Waals surface area (Å²) in [6, 6.07) is 6.38. The molecule has 0 aliphatic heterocycles. The molecule has 0 bridgehead atoms. The van der Waals surface area contributed by atoms with Gasteiger partial charge in [0.2, 0.25) is 5.91 Å². The zero-order valence-electron chi connectivity index (χ0n) is 12.3. The number of primary amides is 1. The Bertz CT molecular complexity index is 438. The maximum atomic E-state index is 12.9. The quantitative estimate of drug-likeness (QED) is 0.726. The number of carbonyl (C=O) groups excluding carboxylic acids is 1. The highest BCUT2D eigenvalue weighted by molar-refractivity contribution is 7.99. The monoisotopic (exact) mass is 298 g/mol. The van der Waals surface area contributed by atoms with Gasteiger partial charge in [0.1, 0.15) is 5.82 Å². The van der Waals surface area contributed by atoms with Crippen molar-refractivity contribution in [2.24, 2.45) is 5.73 Å². The minimum Gasteiger partial charge on any atom is -0.368 e. The zero-order chi connectivity index (χ0) is 15.2. The van der Waals surface area contributed by atoms with Gasteiger partial charge < -0.3 is 11.1 Å². The summed E-state index contributed by atoms with van der Waals surface area (Å²) < 4.78 is 12.9. The first kappa shape index (κ1) is 17.0. The van der Waals surface area contributed by atoms with Crippen molar-refractivity contribution < 1.29 is 9.18 Å². The summed E-state index contributed by atoms with van der Waals surface area (Å²) in [5, 5.41) is 3.42. The topological polar surface area (TPSA) is 55.1 Å². The molecule has 0 aliphatic rings. The maximum Gasteiger partial charge on any atom is 0.237 e. The van der Waals surface area contributed by atoms with E-state index in [-0.39, 0.29) is 17.0 Å². The SMILES string of the molecule is CCCNC(C)(CC(C)Sc1ccc(F)cc1)C(N)=O. The van der Waals surface area contributed by atoms with Crippen LogP contribution >= 0.6 is 11.8 Å². The van der Waals surface area contributed by atoms with E-state index in [0.29, 0.717) is 6.42 Å². The molecule has 0 saturated carbocycles. The lowest BCUT2D eigenvalue weighted by Crippen LogP contribution is -2.54. The van der Waals surface area contributed by atoms with Gasteiger partial charge in [-0.15, -0.1) is 11.8 Å². The largest absolute Gasteiger partial charge is 0.368 e. The summed E-state index contributed by atoms with van der Waals surface area (Å²) in [7, 11) is 0. The number of halogens is 1. The first-order valence-electron chi connectivity index (χ1n) is 6.84. The fourth-order valence-electron chi connectivity index (χ4n) is 2.02. The second-order valence-corrected chi connectivity index (χ2v) is 6.72. The van der Waals surface area contributed by atoms with E-state index in [1.165, 1.54) is 12.1 Å². The third-order valence-corrected chi connectivity index (χ3v) is 4.27. The Labute approximate surface area is 124 Å². The molecule has 0 radical (unpaired) electrons. The molecule has 1 aromatic carbocycles. The van der Waals surface area contributed by atoms with Gasteiger partial charge in [-0.3, -0.25) is 4.79 Å². The van der Waals surface area contributed by atoms with Crippen LogP contribution in [0.25, 0.3) is 0 Å². The van der Waals surface area contributed by atoms with Crippen molar-refractivity contribution in [3.05, 3.63) is 30.1 Å². The van der Waals surface area contributed by atoms with Crippen molar-refractivity contribution in [3.63, 3.8) is 0 Å². The van der Waals surface area contributed by atoms with E-state index in [1.807, 2.05) is 20.8 Å². The van der Waals surface area contributed by atoms with Crippen LogP contribution in [0.2, 0.25) is 0 Å². The molecule has 1 aromatic rings. The molecule has 0 saturated heterocycles. The third-order valence-electron chi connectivity index (χ3n) is 3.16. The van der Waals surface area contributed by atoms with Gasteiger partial charge in [-0.05, 0) is 50.6 Å². The molecule has 0 aromatic heterocycles. The molecule has 0 fully saturated rings. The summed E-state index contributed by atoms with van der Waals surface area (Å²) >= 11 is 1.62. The number of benzene rings is 1. The highest BCUT2D eigenvalue weighted by Gasteiger charge is 2.32. The van der Waals surface area contributed by atoms with Crippen LogP contribution in [-0.2, 0) is 4.79 Å². The van der Waals surface area contributed by atoms with Crippen molar-refractivity contribution in [2.45, 2.75) is 49.3 Å². The van der Waals surface area contributed by atoms with Crippen LogP contribution in [0.5, 0.6) is 0 Å². The van der Waals surface area contributed by atoms with Gasteiger partial charge in [0.15, 0.2) is 0 Å². The summed E-state index contributed by atoms with van der Waals surface area (Å²) in [5.74, 6) is -0.578. The number of hydrogen-bond acceptors (Lipinski definition) is 3. The number of nitrogens with one attached hydrogen (secondary N) is 1. The molecule has 3 nitrogen and oxygen atoms in total. The fourth-order valence-corrected chi connectivity index (χ4v) is 3.20. The van der Waals surface area contributed by atoms with Crippen molar-refractivity contribution in [1.82, 2.24) is 5.32 Å². The van der Waals surface area contributed by atoms with E-state index in [4.69, 9.17) is 5.73 Å². The van der Waals surface area contributed by atoms with Gasteiger partial charge in [0.05, 0.1) is 5.54 Å². The minimum atomic E-state index is -0.706. The Balaban J connectivity index is 2.64. The molecule has 1 rings (SSSR count). The lowest BCUT2D eigenvalue weighted by Gasteiger charge is -2.30. The van der Waals surface area contributed by atoms with E-state index in [9.17, 15) is 9.18 Å². The number of carbonyl (C=O) groups is 1. The molecule has 0 aliphatic carbocycles. The van der Waals surface area contributed by atoms with Crippen LogP contribution in [0, 0.1) is 5.82 Å². The van der Waals surface area contributed by atoms with E-state index >= 15 is 0 Å². The zero-order valence-corrected chi connectivity index (χ0v) is 13.1. The Morgan fingerprint density at radius 3 is 2.55 bits per heavy atom. The number of rotatable bonds is 8. The number of nitrogens with two attached hydrogens (primary N) is 1. The van der Waals surface area contributed by atoms with E-state index in [2.05, 4.69) is 5.32 Å².